The number of piperidine rings is 1. The van der Waals surface area contributed by atoms with Crippen LogP contribution in [0.15, 0.2) is 0 Å². The number of nitrogens with zero attached hydrogens (tertiary/aromatic N) is 3. The van der Waals surface area contributed by atoms with Crippen molar-refractivity contribution in [2.75, 3.05) is 26.7 Å². The summed E-state index contributed by atoms with van der Waals surface area (Å²) in [4.78, 5) is 16.3. The molecule has 0 bridgehead atoms. The number of hydrogen-bond acceptors (Lipinski definition) is 3. The predicted molar refractivity (Wildman–Crippen MR) is 74.4 cm³/mol. The van der Waals surface area contributed by atoms with Crippen molar-refractivity contribution in [1.82, 2.24) is 9.80 Å². The van der Waals surface area contributed by atoms with E-state index in [0.717, 1.165) is 12.5 Å². The summed E-state index contributed by atoms with van der Waals surface area (Å²) >= 11 is 0. The number of hydrogen-bond donors (Lipinski definition) is 0. The number of likely N-dealkylation sites (N-methyl/N-ethyl adjacent to an activating group) is 1. The quantitative estimate of drug-likeness (QED) is 0.779. The number of rotatable bonds is 4. The first kappa shape index (κ1) is 14.3. The van der Waals surface area contributed by atoms with Crippen molar-refractivity contribution < 1.29 is 4.79 Å². The Balaban J connectivity index is 1.86. The minimum Gasteiger partial charge on any atom is -0.344 e. The zero-order valence-electron chi connectivity index (χ0n) is 12.0. The molecule has 0 N–H and O–H groups in total. The van der Waals surface area contributed by atoms with Gasteiger partial charge in [0.15, 0.2) is 0 Å². The van der Waals surface area contributed by atoms with Gasteiger partial charge in [-0.25, -0.2) is 0 Å². The van der Waals surface area contributed by atoms with Crippen LogP contribution in [0.5, 0.6) is 0 Å². The highest BCUT2D eigenvalue weighted by molar-refractivity contribution is 5.78. The Morgan fingerprint density at radius 2 is 2.05 bits per heavy atom. The Morgan fingerprint density at radius 1 is 1.32 bits per heavy atom. The molecule has 0 aromatic rings. The van der Waals surface area contributed by atoms with Gasteiger partial charge in [-0.05, 0) is 38.1 Å². The molecule has 4 nitrogen and oxygen atoms in total. The van der Waals surface area contributed by atoms with Crippen molar-refractivity contribution in [1.29, 1.82) is 5.26 Å². The second-order valence-corrected chi connectivity index (χ2v) is 5.95. The first-order chi connectivity index (χ1) is 9.22. The fraction of sp³-hybridized carbons (Fsp3) is 0.867. The molecule has 2 aliphatic rings. The van der Waals surface area contributed by atoms with Crippen LogP contribution in [-0.4, -0.2) is 48.4 Å². The van der Waals surface area contributed by atoms with Crippen LogP contribution < -0.4 is 0 Å². The molecule has 1 aliphatic heterocycles. The van der Waals surface area contributed by atoms with Crippen molar-refractivity contribution in [2.45, 2.75) is 51.0 Å². The highest BCUT2D eigenvalue weighted by Gasteiger charge is 2.34. The van der Waals surface area contributed by atoms with Gasteiger partial charge >= 0.3 is 0 Å². The van der Waals surface area contributed by atoms with Crippen LogP contribution >= 0.6 is 0 Å². The van der Waals surface area contributed by atoms with Gasteiger partial charge in [0, 0.05) is 19.6 Å². The molecule has 1 heterocycles. The minimum atomic E-state index is 0.168. The molecule has 0 aromatic heterocycles. The molecule has 1 saturated heterocycles. The van der Waals surface area contributed by atoms with Gasteiger partial charge < -0.3 is 4.90 Å². The molecule has 0 radical (unpaired) electrons. The van der Waals surface area contributed by atoms with E-state index < -0.39 is 0 Å². The van der Waals surface area contributed by atoms with Crippen molar-refractivity contribution in [3.63, 3.8) is 0 Å². The monoisotopic (exact) mass is 263 g/mol. The summed E-state index contributed by atoms with van der Waals surface area (Å²) in [5, 5.41) is 8.57. The van der Waals surface area contributed by atoms with Crippen LogP contribution in [0, 0.1) is 17.2 Å². The van der Waals surface area contributed by atoms with Gasteiger partial charge in [-0.1, -0.05) is 12.8 Å². The summed E-state index contributed by atoms with van der Waals surface area (Å²) in [6.45, 7) is 2.17. The van der Waals surface area contributed by atoms with E-state index in [1.807, 2.05) is 7.05 Å². The third-order valence-corrected chi connectivity index (χ3v) is 4.68. The van der Waals surface area contributed by atoms with Gasteiger partial charge in [-0.15, -0.1) is 0 Å². The molecule has 0 aromatic carbocycles. The van der Waals surface area contributed by atoms with Gasteiger partial charge in [-0.2, -0.15) is 5.26 Å². The lowest BCUT2D eigenvalue weighted by Crippen LogP contribution is -2.50. The molecule has 1 aliphatic carbocycles. The van der Waals surface area contributed by atoms with Crippen molar-refractivity contribution in [3.05, 3.63) is 0 Å². The lowest BCUT2D eigenvalue weighted by molar-refractivity contribution is -0.132. The fourth-order valence-electron chi connectivity index (χ4n) is 3.56. The van der Waals surface area contributed by atoms with Crippen LogP contribution in [0.2, 0.25) is 0 Å². The molecule has 4 heteroatoms. The number of fused-ring (bicyclic) bond motifs is 1. The summed E-state index contributed by atoms with van der Waals surface area (Å²) in [6.07, 6.45) is 8.30. The average Bonchev–Trinajstić information content (AvgIpc) is 2.45. The Labute approximate surface area is 116 Å². The largest absolute Gasteiger partial charge is 0.344 e. The Bertz CT molecular complexity index is 348. The van der Waals surface area contributed by atoms with E-state index in [9.17, 15) is 4.79 Å². The van der Waals surface area contributed by atoms with Crippen LogP contribution in [-0.2, 0) is 4.79 Å². The van der Waals surface area contributed by atoms with Crippen LogP contribution in [0.3, 0.4) is 0 Å². The van der Waals surface area contributed by atoms with Gasteiger partial charge in [0.05, 0.1) is 19.0 Å². The zero-order valence-corrected chi connectivity index (χ0v) is 12.0. The number of likely N-dealkylation sites (tertiary alicyclic amines) is 1. The molecular weight excluding hydrogens is 238 g/mol. The number of amides is 1. The third kappa shape index (κ3) is 3.70. The first-order valence-corrected chi connectivity index (χ1v) is 7.57. The van der Waals surface area contributed by atoms with Crippen molar-refractivity contribution >= 4 is 5.91 Å². The molecule has 2 unspecified atom stereocenters. The van der Waals surface area contributed by atoms with Crippen LogP contribution in [0.25, 0.3) is 0 Å². The molecular formula is C15H25N3O. The topological polar surface area (TPSA) is 47.3 Å². The molecule has 106 valence electrons. The highest BCUT2D eigenvalue weighted by Crippen LogP contribution is 2.35. The molecule has 0 spiro atoms. The first-order valence-electron chi connectivity index (χ1n) is 7.57. The summed E-state index contributed by atoms with van der Waals surface area (Å²) < 4.78 is 0. The number of carbonyl (C=O) groups is 1. The molecule has 19 heavy (non-hydrogen) atoms. The van der Waals surface area contributed by atoms with Gasteiger partial charge in [0.25, 0.3) is 0 Å². The van der Waals surface area contributed by atoms with Crippen LogP contribution in [0.1, 0.15) is 44.9 Å². The minimum absolute atomic E-state index is 0.168. The van der Waals surface area contributed by atoms with Gasteiger partial charge in [0.2, 0.25) is 5.91 Å². The fourth-order valence-corrected chi connectivity index (χ4v) is 3.56. The summed E-state index contributed by atoms with van der Waals surface area (Å²) in [5.41, 5.74) is 0. The maximum Gasteiger partial charge on any atom is 0.236 e. The Morgan fingerprint density at radius 3 is 2.84 bits per heavy atom. The van der Waals surface area contributed by atoms with Crippen molar-refractivity contribution in [2.24, 2.45) is 5.92 Å². The van der Waals surface area contributed by atoms with Gasteiger partial charge in [0.1, 0.15) is 0 Å². The van der Waals surface area contributed by atoms with E-state index in [1.54, 1.807) is 4.90 Å². The highest BCUT2D eigenvalue weighted by atomic mass is 16.2. The molecule has 2 rings (SSSR count). The van der Waals surface area contributed by atoms with Crippen LogP contribution in [0.4, 0.5) is 0 Å². The SMILES string of the molecule is CN(CCC#N)C(=O)CN1CCCC2CCCCC21. The summed E-state index contributed by atoms with van der Waals surface area (Å²) in [5.74, 6) is 0.987. The predicted octanol–water partition coefficient (Wildman–Crippen LogP) is 2.01. The maximum atomic E-state index is 12.2. The second kappa shape index (κ2) is 6.91. The van der Waals surface area contributed by atoms with E-state index in [-0.39, 0.29) is 5.91 Å². The summed E-state index contributed by atoms with van der Waals surface area (Å²) in [6, 6.07) is 2.73. The van der Waals surface area contributed by atoms with E-state index >= 15 is 0 Å². The molecule has 2 atom stereocenters. The number of carbonyl (C=O) groups excluding carboxylic acids is 1. The molecule has 1 amide bonds. The smallest absolute Gasteiger partial charge is 0.236 e. The molecule has 2 fully saturated rings. The maximum absolute atomic E-state index is 12.2. The van der Waals surface area contributed by atoms with E-state index in [0.29, 0.717) is 25.6 Å². The van der Waals surface area contributed by atoms with E-state index in [4.69, 9.17) is 5.26 Å². The van der Waals surface area contributed by atoms with Gasteiger partial charge in [-0.3, -0.25) is 9.69 Å². The lowest BCUT2D eigenvalue weighted by atomic mass is 9.78. The molecule has 1 saturated carbocycles. The van der Waals surface area contributed by atoms with Crippen molar-refractivity contribution in [3.8, 4) is 6.07 Å². The normalized spacial score (nSPS) is 27.4. The zero-order chi connectivity index (χ0) is 13.7. The standard InChI is InChI=1S/C15H25N3O/c1-17(10-5-9-16)15(19)12-18-11-4-7-13-6-2-3-8-14(13)18/h13-14H,2-8,10-12H2,1H3. The average molecular weight is 263 g/mol. The Kier molecular flexibility index (Phi) is 5.21. The summed E-state index contributed by atoms with van der Waals surface area (Å²) in [7, 11) is 1.81. The number of nitriles is 1. The third-order valence-electron chi connectivity index (χ3n) is 4.68. The Hall–Kier alpha value is -1.08. The lowest BCUT2D eigenvalue weighted by Gasteiger charge is -2.44. The van der Waals surface area contributed by atoms with E-state index in [2.05, 4.69) is 11.0 Å². The van der Waals surface area contributed by atoms with E-state index in [1.165, 1.54) is 38.5 Å². The second-order valence-electron chi connectivity index (χ2n) is 5.95.